The van der Waals surface area contributed by atoms with Crippen molar-refractivity contribution in [3.63, 3.8) is 0 Å². The lowest BCUT2D eigenvalue weighted by atomic mass is 9.92. The first kappa shape index (κ1) is 16.5. The first-order chi connectivity index (χ1) is 12.1. The number of carbonyl (C=O) groups excluding carboxylic acids is 2. The van der Waals surface area contributed by atoms with Gasteiger partial charge < -0.3 is 10.4 Å². The second kappa shape index (κ2) is 6.77. The summed E-state index contributed by atoms with van der Waals surface area (Å²) in [5.74, 6) is -0.344. The van der Waals surface area contributed by atoms with Crippen LogP contribution in [-0.4, -0.2) is 40.0 Å². The summed E-state index contributed by atoms with van der Waals surface area (Å²) in [7, 11) is 0. The lowest BCUT2D eigenvalue weighted by Crippen LogP contribution is -2.50. The maximum absolute atomic E-state index is 12.1. The highest BCUT2D eigenvalue weighted by molar-refractivity contribution is 6.00. The van der Waals surface area contributed by atoms with Crippen LogP contribution >= 0.6 is 0 Å². The SMILES string of the molecule is O=C1CCC(N2Cc3ccc(N[C@H]4CCCC[C@@H]4O)cc3C2)C(=O)N1. The highest BCUT2D eigenvalue weighted by Gasteiger charge is 2.34. The highest BCUT2D eigenvalue weighted by Crippen LogP contribution is 2.30. The van der Waals surface area contributed by atoms with Gasteiger partial charge in [0.2, 0.25) is 11.8 Å². The third kappa shape index (κ3) is 3.41. The van der Waals surface area contributed by atoms with Crippen molar-refractivity contribution in [2.75, 3.05) is 5.32 Å². The molecule has 3 aliphatic rings. The number of aliphatic hydroxyl groups is 1. The average molecular weight is 343 g/mol. The zero-order valence-corrected chi connectivity index (χ0v) is 14.3. The molecule has 1 unspecified atom stereocenters. The van der Waals surface area contributed by atoms with Crippen LogP contribution in [0.25, 0.3) is 0 Å². The topological polar surface area (TPSA) is 81.7 Å². The smallest absolute Gasteiger partial charge is 0.243 e. The molecule has 0 bridgehead atoms. The van der Waals surface area contributed by atoms with Crippen molar-refractivity contribution in [2.24, 2.45) is 0 Å². The Labute approximate surface area is 147 Å². The number of hydrogen-bond donors (Lipinski definition) is 3. The zero-order chi connectivity index (χ0) is 17.4. The normalized spacial score (nSPS) is 30.0. The molecule has 4 rings (SSSR count). The fraction of sp³-hybridized carbons (Fsp3) is 0.579. The number of amides is 2. The molecule has 1 saturated heterocycles. The van der Waals surface area contributed by atoms with Crippen molar-refractivity contribution in [1.29, 1.82) is 0 Å². The van der Waals surface area contributed by atoms with Gasteiger partial charge in [-0.05, 0) is 42.5 Å². The maximum atomic E-state index is 12.1. The predicted octanol–water partition coefficient (Wildman–Crippen LogP) is 1.52. The molecule has 25 heavy (non-hydrogen) atoms. The number of nitrogens with one attached hydrogen (secondary N) is 2. The van der Waals surface area contributed by atoms with E-state index in [1.165, 1.54) is 11.1 Å². The zero-order valence-electron chi connectivity index (χ0n) is 14.3. The summed E-state index contributed by atoms with van der Waals surface area (Å²) in [4.78, 5) is 25.6. The van der Waals surface area contributed by atoms with Crippen molar-refractivity contribution < 1.29 is 14.7 Å². The van der Waals surface area contributed by atoms with Gasteiger partial charge in [0.05, 0.1) is 18.2 Å². The van der Waals surface area contributed by atoms with Gasteiger partial charge in [-0.25, -0.2) is 0 Å². The molecule has 2 fully saturated rings. The number of rotatable bonds is 3. The highest BCUT2D eigenvalue weighted by atomic mass is 16.3. The van der Waals surface area contributed by atoms with Crippen LogP contribution in [0, 0.1) is 0 Å². The molecule has 6 heteroatoms. The van der Waals surface area contributed by atoms with E-state index < -0.39 is 0 Å². The first-order valence-electron chi connectivity index (χ1n) is 9.24. The van der Waals surface area contributed by atoms with Crippen LogP contribution < -0.4 is 10.6 Å². The molecule has 3 N–H and O–H groups in total. The lowest BCUT2D eigenvalue weighted by Gasteiger charge is -2.29. The van der Waals surface area contributed by atoms with E-state index in [0.717, 1.165) is 44.5 Å². The standard InChI is InChI=1S/C19H25N3O3/c23-17-4-2-1-3-15(17)20-14-6-5-12-10-22(11-13(12)9-14)16-7-8-18(24)21-19(16)25/h5-6,9,15-17,20,23H,1-4,7-8,10-11H2,(H,21,24,25)/t15-,16?,17-/m0/s1. The van der Waals surface area contributed by atoms with Gasteiger partial charge >= 0.3 is 0 Å². The third-order valence-corrected chi connectivity index (χ3v) is 5.69. The summed E-state index contributed by atoms with van der Waals surface area (Å²) in [5.41, 5.74) is 3.49. The van der Waals surface area contributed by atoms with Gasteiger partial charge in [0.1, 0.15) is 0 Å². The molecule has 134 valence electrons. The molecule has 0 spiro atoms. The molecule has 2 aliphatic heterocycles. The molecule has 1 aromatic rings. The molecule has 0 aromatic heterocycles. The fourth-order valence-electron chi connectivity index (χ4n) is 4.26. The summed E-state index contributed by atoms with van der Waals surface area (Å²) < 4.78 is 0. The van der Waals surface area contributed by atoms with Gasteiger partial charge in [-0.2, -0.15) is 0 Å². The fourth-order valence-corrected chi connectivity index (χ4v) is 4.26. The molecule has 3 atom stereocenters. The molecular formula is C19H25N3O3. The van der Waals surface area contributed by atoms with Gasteiger partial charge in [0.25, 0.3) is 0 Å². The number of hydrogen-bond acceptors (Lipinski definition) is 5. The molecule has 6 nitrogen and oxygen atoms in total. The molecule has 1 aliphatic carbocycles. The Bertz CT molecular complexity index is 690. The second-order valence-electron chi connectivity index (χ2n) is 7.46. The number of carbonyl (C=O) groups is 2. The Morgan fingerprint density at radius 1 is 1.08 bits per heavy atom. The summed E-state index contributed by atoms with van der Waals surface area (Å²) in [6, 6.07) is 6.22. The quantitative estimate of drug-likeness (QED) is 0.725. The Morgan fingerprint density at radius 3 is 2.68 bits per heavy atom. The van der Waals surface area contributed by atoms with E-state index >= 15 is 0 Å². The number of benzene rings is 1. The van der Waals surface area contributed by atoms with E-state index in [0.29, 0.717) is 12.8 Å². The van der Waals surface area contributed by atoms with Crippen molar-refractivity contribution in [2.45, 2.75) is 69.8 Å². The Hall–Kier alpha value is -1.92. The molecule has 2 amide bonds. The van der Waals surface area contributed by atoms with E-state index in [1.54, 1.807) is 0 Å². The number of fused-ring (bicyclic) bond motifs is 1. The summed E-state index contributed by atoms with van der Waals surface area (Å²) >= 11 is 0. The largest absolute Gasteiger partial charge is 0.391 e. The minimum Gasteiger partial charge on any atom is -0.391 e. The van der Waals surface area contributed by atoms with Crippen LogP contribution in [0.15, 0.2) is 18.2 Å². The van der Waals surface area contributed by atoms with Gasteiger partial charge in [-0.3, -0.25) is 19.8 Å². The van der Waals surface area contributed by atoms with E-state index in [2.05, 4.69) is 33.7 Å². The van der Waals surface area contributed by atoms with Crippen LogP contribution in [0.4, 0.5) is 5.69 Å². The van der Waals surface area contributed by atoms with Crippen molar-refractivity contribution in [3.8, 4) is 0 Å². The summed E-state index contributed by atoms with van der Waals surface area (Å²) in [6.45, 7) is 1.47. The van der Waals surface area contributed by atoms with E-state index in [-0.39, 0.29) is 30.0 Å². The Kier molecular flexibility index (Phi) is 4.48. The van der Waals surface area contributed by atoms with Gasteiger partial charge in [-0.15, -0.1) is 0 Å². The van der Waals surface area contributed by atoms with Crippen LogP contribution in [0.3, 0.4) is 0 Å². The van der Waals surface area contributed by atoms with Crippen molar-refractivity contribution in [3.05, 3.63) is 29.3 Å². The van der Waals surface area contributed by atoms with E-state index in [9.17, 15) is 14.7 Å². The first-order valence-corrected chi connectivity index (χ1v) is 9.24. The minimum atomic E-state index is -0.276. The Balaban J connectivity index is 1.43. The van der Waals surface area contributed by atoms with Crippen LogP contribution in [0.1, 0.15) is 49.7 Å². The minimum absolute atomic E-state index is 0.124. The van der Waals surface area contributed by atoms with Crippen LogP contribution in [0.5, 0.6) is 0 Å². The maximum Gasteiger partial charge on any atom is 0.243 e. The van der Waals surface area contributed by atoms with Gasteiger partial charge in [-0.1, -0.05) is 18.9 Å². The number of nitrogens with zero attached hydrogens (tertiary/aromatic N) is 1. The molecular weight excluding hydrogens is 318 g/mol. The number of anilines is 1. The summed E-state index contributed by atoms with van der Waals surface area (Å²) in [5, 5.41) is 16.1. The number of piperidine rings is 1. The van der Waals surface area contributed by atoms with E-state index in [4.69, 9.17) is 0 Å². The molecule has 1 saturated carbocycles. The molecule has 0 radical (unpaired) electrons. The van der Waals surface area contributed by atoms with Crippen LogP contribution in [-0.2, 0) is 22.7 Å². The van der Waals surface area contributed by atoms with Gasteiger partial charge in [0.15, 0.2) is 0 Å². The monoisotopic (exact) mass is 343 g/mol. The average Bonchev–Trinajstić information content (AvgIpc) is 3.00. The van der Waals surface area contributed by atoms with E-state index in [1.807, 2.05) is 0 Å². The van der Waals surface area contributed by atoms with Crippen LogP contribution in [0.2, 0.25) is 0 Å². The number of aliphatic hydroxyl groups excluding tert-OH is 1. The second-order valence-corrected chi connectivity index (χ2v) is 7.46. The molecule has 2 heterocycles. The Morgan fingerprint density at radius 2 is 1.88 bits per heavy atom. The third-order valence-electron chi connectivity index (χ3n) is 5.69. The predicted molar refractivity (Wildman–Crippen MR) is 93.7 cm³/mol. The lowest BCUT2D eigenvalue weighted by molar-refractivity contribution is -0.137. The van der Waals surface area contributed by atoms with Gasteiger partial charge in [0, 0.05) is 25.2 Å². The summed E-state index contributed by atoms with van der Waals surface area (Å²) in [6.07, 6.45) is 4.86. The van der Waals surface area contributed by atoms with Crippen molar-refractivity contribution in [1.82, 2.24) is 10.2 Å². The van der Waals surface area contributed by atoms with Crippen molar-refractivity contribution >= 4 is 17.5 Å². The molecule has 1 aromatic carbocycles. The number of imide groups is 1.